The fourth-order valence-electron chi connectivity index (χ4n) is 1.70. The Morgan fingerprint density at radius 3 is 2.69 bits per heavy atom. The lowest BCUT2D eigenvalue weighted by Crippen LogP contribution is -2.07. The summed E-state index contributed by atoms with van der Waals surface area (Å²) in [5, 5.41) is 12.1. The topological polar surface area (TPSA) is 49.3 Å². The van der Waals surface area contributed by atoms with Gasteiger partial charge in [0.25, 0.3) is 0 Å². The Bertz CT molecular complexity index is 361. The number of ketones is 1. The van der Waals surface area contributed by atoms with Crippen molar-refractivity contribution in [3.63, 3.8) is 0 Å². The van der Waals surface area contributed by atoms with Gasteiger partial charge in [-0.15, -0.1) is 0 Å². The summed E-state index contributed by atoms with van der Waals surface area (Å²) in [5.41, 5.74) is 2.81. The molecule has 0 saturated carbocycles. The van der Waals surface area contributed by atoms with Crippen molar-refractivity contribution < 1.29 is 9.90 Å². The summed E-state index contributed by atoms with van der Waals surface area (Å²) in [6.07, 6.45) is 1.98. The first kappa shape index (κ1) is 12.7. The molecular weight excluding hydrogens is 202 g/mol. The Morgan fingerprint density at radius 1 is 1.38 bits per heavy atom. The van der Waals surface area contributed by atoms with Gasteiger partial charge in [0.2, 0.25) is 0 Å². The maximum Gasteiger partial charge on any atom is 0.188 e. The van der Waals surface area contributed by atoms with Gasteiger partial charge in [-0.1, -0.05) is 13.3 Å². The van der Waals surface area contributed by atoms with E-state index in [0.29, 0.717) is 5.56 Å². The van der Waals surface area contributed by atoms with Crippen molar-refractivity contribution in [3.8, 4) is 0 Å². The first-order chi connectivity index (χ1) is 7.72. The lowest BCUT2D eigenvalue weighted by atomic mass is 10.0. The van der Waals surface area contributed by atoms with Crippen molar-refractivity contribution in [2.24, 2.45) is 0 Å². The van der Waals surface area contributed by atoms with Crippen LogP contribution in [0.25, 0.3) is 0 Å². The number of anilines is 1. The van der Waals surface area contributed by atoms with Crippen LogP contribution in [0, 0.1) is 0 Å². The van der Waals surface area contributed by atoms with Gasteiger partial charge in [-0.05, 0) is 37.1 Å². The summed E-state index contributed by atoms with van der Waals surface area (Å²) in [6.45, 7) is 4.59. The average Bonchev–Trinajstić information content (AvgIpc) is 2.31. The first-order valence-electron chi connectivity index (χ1n) is 5.73. The second kappa shape index (κ2) is 6.28. The van der Waals surface area contributed by atoms with Crippen LogP contribution in [-0.4, -0.2) is 24.0 Å². The van der Waals surface area contributed by atoms with Crippen molar-refractivity contribution in [2.45, 2.75) is 26.7 Å². The number of aryl methyl sites for hydroxylation is 1. The molecule has 0 unspecified atom stereocenters. The number of rotatable bonds is 6. The fourth-order valence-corrected chi connectivity index (χ4v) is 1.70. The number of aliphatic hydroxyl groups is 1. The molecule has 16 heavy (non-hydrogen) atoms. The molecule has 0 aliphatic rings. The molecule has 0 heterocycles. The van der Waals surface area contributed by atoms with Crippen LogP contribution >= 0.6 is 0 Å². The largest absolute Gasteiger partial charge is 0.388 e. The zero-order valence-corrected chi connectivity index (χ0v) is 9.92. The molecule has 0 aliphatic heterocycles. The lowest BCUT2D eigenvalue weighted by Gasteiger charge is -2.11. The highest BCUT2D eigenvalue weighted by Gasteiger charge is 2.07. The molecule has 1 aromatic rings. The highest BCUT2D eigenvalue weighted by atomic mass is 16.3. The van der Waals surface area contributed by atoms with E-state index in [1.54, 1.807) is 6.07 Å². The van der Waals surface area contributed by atoms with Crippen LogP contribution in [0.5, 0.6) is 0 Å². The molecule has 0 spiro atoms. The molecule has 2 N–H and O–H groups in total. The van der Waals surface area contributed by atoms with Crippen molar-refractivity contribution in [1.29, 1.82) is 0 Å². The highest BCUT2D eigenvalue weighted by Crippen LogP contribution is 2.19. The van der Waals surface area contributed by atoms with E-state index in [0.717, 1.165) is 30.6 Å². The van der Waals surface area contributed by atoms with Crippen molar-refractivity contribution in [1.82, 2.24) is 0 Å². The summed E-state index contributed by atoms with van der Waals surface area (Å²) in [5.74, 6) is -0.222. The Hall–Kier alpha value is -1.35. The molecule has 0 radical (unpaired) electrons. The molecular formula is C13H19NO2. The number of carbonyl (C=O) groups excluding carboxylic acids is 1. The predicted molar refractivity (Wildman–Crippen MR) is 66.0 cm³/mol. The predicted octanol–water partition coefficient (Wildman–Crippen LogP) is 2.25. The van der Waals surface area contributed by atoms with E-state index >= 15 is 0 Å². The third kappa shape index (κ3) is 3.07. The molecule has 0 aromatic heterocycles. The Balaban J connectivity index is 3.01. The number of benzene rings is 1. The molecule has 3 heteroatoms. The quantitative estimate of drug-likeness (QED) is 0.724. The second-order valence-electron chi connectivity index (χ2n) is 3.73. The van der Waals surface area contributed by atoms with Gasteiger partial charge in [0.05, 0.1) is 0 Å². The van der Waals surface area contributed by atoms with Gasteiger partial charge < -0.3 is 10.4 Å². The van der Waals surface area contributed by atoms with E-state index < -0.39 is 6.61 Å². The fraction of sp³-hybridized carbons (Fsp3) is 0.462. The summed E-state index contributed by atoms with van der Waals surface area (Å²) >= 11 is 0. The summed E-state index contributed by atoms with van der Waals surface area (Å²) in [4.78, 5) is 11.4. The van der Waals surface area contributed by atoms with Crippen LogP contribution in [0.2, 0.25) is 0 Å². The average molecular weight is 221 g/mol. The smallest absolute Gasteiger partial charge is 0.188 e. The van der Waals surface area contributed by atoms with Crippen molar-refractivity contribution >= 4 is 11.5 Å². The van der Waals surface area contributed by atoms with Crippen LogP contribution in [-0.2, 0) is 6.42 Å². The number of carbonyl (C=O) groups is 1. The molecule has 0 atom stereocenters. The summed E-state index contributed by atoms with van der Waals surface area (Å²) in [7, 11) is 0. The number of Topliss-reactive ketones (excluding diaryl/α,β-unsaturated/α-hetero) is 1. The van der Waals surface area contributed by atoms with Gasteiger partial charge in [-0.25, -0.2) is 0 Å². The monoisotopic (exact) mass is 221 g/mol. The lowest BCUT2D eigenvalue weighted by molar-refractivity contribution is 0.0903. The second-order valence-corrected chi connectivity index (χ2v) is 3.73. The minimum Gasteiger partial charge on any atom is -0.388 e. The zero-order valence-electron chi connectivity index (χ0n) is 9.92. The number of hydrogen-bond donors (Lipinski definition) is 2. The molecule has 1 rings (SSSR count). The zero-order chi connectivity index (χ0) is 12.0. The van der Waals surface area contributed by atoms with E-state index in [2.05, 4.69) is 12.2 Å². The Kier molecular flexibility index (Phi) is 4.99. The molecule has 0 aliphatic carbocycles. The maximum atomic E-state index is 11.4. The third-order valence-corrected chi connectivity index (χ3v) is 2.46. The molecule has 0 bridgehead atoms. The SMILES string of the molecule is CCCc1cc(C(=O)CO)ccc1NCC. The van der Waals surface area contributed by atoms with E-state index in [4.69, 9.17) is 5.11 Å². The van der Waals surface area contributed by atoms with Crippen LogP contribution in [0.4, 0.5) is 5.69 Å². The van der Waals surface area contributed by atoms with Gasteiger partial charge in [0, 0.05) is 17.8 Å². The van der Waals surface area contributed by atoms with Crippen LogP contribution in [0.15, 0.2) is 18.2 Å². The standard InChI is InChI=1S/C13H19NO2/c1-3-5-10-8-11(13(16)9-15)6-7-12(10)14-4-2/h6-8,14-15H,3-5,9H2,1-2H3. The van der Waals surface area contributed by atoms with Gasteiger partial charge >= 0.3 is 0 Å². The van der Waals surface area contributed by atoms with E-state index in [1.165, 1.54) is 0 Å². The van der Waals surface area contributed by atoms with Crippen LogP contribution in [0.3, 0.4) is 0 Å². The molecule has 88 valence electrons. The summed E-state index contributed by atoms with van der Waals surface area (Å²) in [6, 6.07) is 5.55. The van der Waals surface area contributed by atoms with E-state index in [-0.39, 0.29) is 5.78 Å². The van der Waals surface area contributed by atoms with Crippen molar-refractivity contribution in [3.05, 3.63) is 29.3 Å². The molecule has 0 amide bonds. The number of nitrogens with one attached hydrogen (secondary N) is 1. The maximum absolute atomic E-state index is 11.4. The van der Waals surface area contributed by atoms with Gasteiger partial charge in [-0.2, -0.15) is 0 Å². The molecule has 0 fully saturated rings. The highest BCUT2D eigenvalue weighted by molar-refractivity contribution is 5.97. The molecule has 0 saturated heterocycles. The third-order valence-electron chi connectivity index (χ3n) is 2.46. The first-order valence-corrected chi connectivity index (χ1v) is 5.73. The van der Waals surface area contributed by atoms with Crippen LogP contribution in [0.1, 0.15) is 36.2 Å². The minimum absolute atomic E-state index is 0.222. The van der Waals surface area contributed by atoms with Crippen molar-refractivity contribution in [2.75, 3.05) is 18.5 Å². The number of aliphatic hydroxyl groups excluding tert-OH is 1. The summed E-state index contributed by atoms with van der Waals surface area (Å²) < 4.78 is 0. The molecule has 1 aromatic carbocycles. The van der Waals surface area contributed by atoms with Gasteiger partial charge in [0.1, 0.15) is 6.61 Å². The van der Waals surface area contributed by atoms with Gasteiger partial charge in [-0.3, -0.25) is 4.79 Å². The number of hydrogen-bond acceptors (Lipinski definition) is 3. The Morgan fingerprint density at radius 2 is 2.12 bits per heavy atom. The van der Waals surface area contributed by atoms with E-state index in [1.807, 2.05) is 19.1 Å². The van der Waals surface area contributed by atoms with Crippen LogP contribution < -0.4 is 5.32 Å². The van der Waals surface area contributed by atoms with Gasteiger partial charge in [0.15, 0.2) is 5.78 Å². The minimum atomic E-state index is -0.424. The molecule has 3 nitrogen and oxygen atoms in total. The normalized spacial score (nSPS) is 10.2. The van der Waals surface area contributed by atoms with E-state index in [9.17, 15) is 4.79 Å². The Labute approximate surface area is 96.5 Å².